The monoisotopic (exact) mass is 365 g/mol. The predicted octanol–water partition coefficient (Wildman–Crippen LogP) is 3.86. The Morgan fingerprint density at radius 1 is 1.19 bits per heavy atom. The molecule has 26 heavy (non-hydrogen) atoms. The third-order valence-corrected chi connectivity index (χ3v) is 5.49. The summed E-state index contributed by atoms with van der Waals surface area (Å²) in [6.07, 6.45) is 3.52. The van der Waals surface area contributed by atoms with E-state index >= 15 is 0 Å². The van der Waals surface area contributed by atoms with Gasteiger partial charge in [-0.1, -0.05) is 41.6 Å². The molecule has 1 aliphatic rings. The Morgan fingerprint density at radius 3 is 2.69 bits per heavy atom. The Labute approximate surface area is 156 Å². The molecule has 0 unspecified atom stereocenters. The van der Waals surface area contributed by atoms with Gasteiger partial charge < -0.3 is 9.42 Å². The van der Waals surface area contributed by atoms with Gasteiger partial charge in [-0.15, -0.1) is 11.3 Å². The van der Waals surface area contributed by atoms with Crippen LogP contribution < -0.4 is 0 Å². The molecule has 0 spiro atoms. The van der Waals surface area contributed by atoms with Crippen LogP contribution in [-0.2, 0) is 4.79 Å². The molecule has 1 saturated heterocycles. The van der Waals surface area contributed by atoms with E-state index in [0.717, 1.165) is 4.88 Å². The summed E-state index contributed by atoms with van der Waals surface area (Å²) in [6, 6.07) is 14.2. The highest BCUT2D eigenvalue weighted by molar-refractivity contribution is 7.10. The van der Waals surface area contributed by atoms with E-state index in [9.17, 15) is 4.79 Å². The molecule has 4 rings (SSSR count). The Bertz CT molecular complexity index is 902. The lowest BCUT2D eigenvalue weighted by atomic mass is 9.89. The summed E-state index contributed by atoms with van der Waals surface area (Å²) in [4.78, 5) is 20.0. The summed E-state index contributed by atoms with van der Waals surface area (Å²) in [5.74, 6) is 1.40. The van der Waals surface area contributed by atoms with Gasteiger partial charge in [0, 0.05) is 30.0 Å². The molecular formula is C20H19N3O2S. The number of rotatable bonds is 4. The van der Waals surface area contributed by atoms with Crippen molar-refractivity contribution in [1.29, 1.82) is 0 Å². The van der Waals surface area contributed by atoms with Crippen molar-refractivity contribution in [3.63, 3.8) is 0 Å². The van der Waals surface area contributed by atoms with Crippen molar-refractivity contribution in [1.82, 2.24) is 15.0 Å². The van der Waals surface area contributed by atoms with E-state index in [1.54, 1.807) is 17.4 Å². The number of benzene rings is 1. The van der Waals surface area contributed by atoms with Crippen molar-refractivity contribution in [2.45, 2.75) is 18.8 Å². The van der Waals surface area contributed by atoms with E-state index in [1.165, 1.54) is 5.56 Å². The quantitative estimate of drug-likeness (QED) is 0.659. The molecule has 0 saturated carbocycles. The summed E-state index contributed by atoms with van der Waals surface area (Å²) in [7, 11) is 0. The van der Waals surface area contributed by atoms with Crippen molar-refractivity contribution in [3.05, 3.63) is 76.1 Å². The number of hydrogen-bond donors (Lipinski definition) is 0. The minimum absolute atomic E-state index is 0.0117. The van der Waals surface area contributed by atoms with Crippen LogP contribution in [0.15, 0.2) is 58.4 Å². The van der Waals surface area contributed by atoms with Crippen molar-refractivity contribution < 1.29 is 9.32 Å². The first-order chi connectivity index (χ1) is 12.7. The van der Waals surface area contributed by atoms with Crippen LogP contribution in [0.5, 0.6) is 0 Å². The molecule has 132 valence electrons. The van der Waals surface area contributed by atoms with Gasteiger partial charge in [0.05, 0.1) is 5.92 Å². The van der Waals surface area contributed by atoms with Gasteiger partial charge in [-0.3, -0.25) is 4.79 Å². The van der Waals surface area contributed by atoms with Crippen LogP contribution in [-0.4, -0.2) is 34.0 Å². The number of aromatic nitrogens is 2. The fourth-order valence-electron chi connectivity index (χ4n) is 3.38. The number of amides is 1. The molecule has 1 fully saturated rings. The Hall–Kier alpha value is -2.73. The Balaban J connectivity index is 1.57. The highest BCUT2D eigenvalue weighted by Gasteiger charge is 2.39. The zero-order valence-corrected chi connectivity index (χ0v) is 15.2. The molecular weight excluding hydrogens is 346 g/mol. The summed E-state index contributed by atoms with van der Waals surface area (Å²) in [5, 5.41) is 5.93. The maximum absolute atomic E-state index is 12.7. The van der Waals surface area contributed by atoms with Crippen LogP contribution in [0.1, 0.15) is 34.0 Å². The third kappa shape index (κ3) is 3.46. The Morgan fingerprint density at radius 2 is 2.00 bits per heavy atom. The zero-order valence-electron chi connectivity index (χ0n) is 14.4. The molecule has 3 heterocycles. The fourth-order valence-corrected chi connectivity index (χ4v) is 4.00. The molecule has 6 heteroatoms. The van der Waals surface area contributed by atoms with Crippen LogP contribution >= 0.6 is 11.3 Å². The number of carbonyl (C=O) groups excluding carboxylic acids is 1. The Kier molecular flexibility index (Phi) is 4.67. The van der Waals surface area contributed by atoms with E-state index < -0.39 is 0 Å². The maximum atomic E-state index is 12.7. The van der Waals surface area contributed by atoms with Gasteiger partial charge in [0.1, 0.15) is 0 Å². The van der Waals surface area contributed by atoms with E-state index in [1.807, 2.05) is 53.6 Å². The molecule has 1 aromatic carbocycles. The van der Waals surface area contributed by atoms with Gasteiger partial charge >= 0.3 is 0 Å². The normalized spacial score (nSPS) is 20.1. The van der Waals surface area contributed by atoms with Crippen LogP contribution in [0.2, 0.25) is 0 Å². The van der Waals surface area contributed by atoms with Gasteiger partial charge in [-0.2, -0.15) is 4.98 Å². The van der Waals surface area contributed by atoms with Crippen molar-refractivity contribution >= 4 is 23.3 Å². The molecule has 0 bridgehead atoms. The van der Waals surface area contributed by atoms with Crippen LogP contribution in [0, 0.1) is 6.92 Å². The first-order valence-corrected chi connectivity index (χ1v) is 9.44. The standard InChI is InChI=1S/C20H19N3O2S/c1-14-21-20(25-22-14)18-13-23(12-17(18)15-6-3-2-4-7-15)19(24)10-9-16-8-5-11-26-16/h2-11,17-18H,12-13H2,1H3/b10-9-/t17-,18+/m0/s1. The molecule has 0 radical (unpaired) electrons. The summed E-state index contributed by atoms with van der Waals surface area (Å²) >= 11 is 1.61. The molecule has 1 aliphatic heterocycles. The van der Waals surface area contributed by atoms with Crippen molar-refractivity contribution in [2.24, 2.45) is 0 Å². The van der Waals surface area contributed by atoms with Crippen molar-refractivity contribution in [3.8, 4) is 0 Å². The number of thiophene rings is 1. The summed E-state index contributed by atoms with van der Waals surface area (Å²) in [6.45, 7) is 3.03. The molecule has 2 aromatic heterocycles. The van der Waals surface area contributed by atoms with E-state index in [4.69, 9.17) is 4.52 Å². The fraction of sp³-hybridized carbons (Fsp3) is 0.250. The highest BCUT2D eigenvalue weighted by atomic mass is 32.1. The van der Waals surface area contributed by atoms with Crippen LogP contribution in [0.3, 0.4) is 0 Å². The number of aryl methyl sites for hydroxylation is 1. The molecule has 2 atom stereocenters. The topological polar surface area (TPSA) is 59.2 Å². The lowest BCUT2D eigenvalue weighted by Gasteiger charge is -2.15. The number of hydrogen-bond acceptors (Lipinski definition) is 5. The molecule has 5 nitrogen and oxygen atoms in total. The van der Waals surface area contributed by atoms with Crippen LogP contribution in [0.4, 0.5) is 0 Å². The average molecular weight is 365 g/mol. The minimum Gasteiger partial charge on any atom is -0.339 e. The first-order valence-electron chi connectivity index (χ1n) is 8.56. The third-order valence-electron chi connectivity index (χ3n) is 4.65. The second-order valence-electron chi connectivity index (χ2n) is 6.40. The number of nitrogens with zero attached hydrogens (tertiary/aromatic N) is 3. The van der Waals surface area contributed by atoms with E-state index in [0.29, 0.717) is 24.8 Å². The lowest BCUT2D eigenvalue weighted by molar-refractivity contribution is -0.125. The largest absolute Gasteiger partial charge is 0.339 e. The zero-order chi connectivity index (χ0) is 17.9. The average Bonchev–Trinajstić information content (AvgIpc) is 3.40. The second kappa shape index (κ2) is 7.25. The number of likely N-dealkylation sites (tertiary alicyclic amines) is 1. The molecule has 0 aliphatic carbocycles. The summed E-state index contributed by atoms with van der Waals surface area (Å²) < 4.78 is 5.43. The van der Waals surface area contributed by atoms with Crippen LogP contribution in [0.25, 0.3) is 6.08 Å². The SMILES string of the molecule is Cc1noc([C@@H]2CN(C(=O)/C=C\c3cccs3)C[C@H]2c2ccccc2)n1. The van der Waals surface area contributed by atoms with Gasteiger partial charge in [0.2, 0.25) is 11.8 Å². The van der Waals surface area contributed by atoms with Gasteiger partial charge in [-0.25, -0.2) is 0 Å². The number of carbonyl (C=O) groups is 1. The molecule has 0 N–H and O–H groups in total. The second-order valence-corrected chi connectivity index (χ2v) is 7.37. The van der Waals surface area contributed by atoms with Gasteiger partial charge in [-0.05, 0) is 30.0 Å². The smallest absolute Gasteiger partial charge is 0.246 e. The minimum atomic E-state index is 0.0117. The van der Waals surface area contributed by atoms with E-state index in [-0.39, 0.29) is 17.7 Å². The van der Waals surface area contributed by atoms with E-state index in [2.05, 4.69) is 22.3 Å². The molecule has 3 aromatic rings. The predicted molar refractivity (Wildman–Crippen MR) is 101 cm³/mol. The maximum Gasteiger partial charge on any atom is 0.246 e. The van der Waals surface area contributed by atoms with Crippen molar-refractivity contribution in [2.75, 3.05) is 13.1 Å². The van der Waals surface area contributed by atoms with Gasteiger partial charge in [0.15, 0.2) is 5.82 Å². The molecule has 1 amide bonds. The lowest BCUT2D eigenvalue weighted by Crippen LogP contribution is -2.26. The van der Waals surface area contributed by atoms with Gasteiger partial charge in [0.25, 0.3) is 0 Å². The highest BCUT2D eigenvalue weighted by Crippen LogP contribution is 2.39. The first kappa shape index (κ1) is 16.7. The summed E-state index contributed by atoms with van der Waals surface area (Å²) in [5.41, 5.74) is 1.19.